The molecule has 2 fully saturated rings. The van der Waals surface area contributed by atoms with Crippen molar-refractivity contribution in [3.63, 3.8) is 0 Å². The van der Waals surface area contributed by atoms with Crippen LogP contribution >= 0.6 is 0 Å². The van der Waals surface area contributed by atoms with Crippen LogP contribution in [-0.2, 0) is 21.1 Å². The third-order valence-corrected chi connectivity index (χ3v) is 6.99. The lowest BCUT2D eigenvalue weighted by molar-refractivity contribution is -0.136. The van der Waals surface area contributed by atoms with Gasteiger partial charge in [-0.2, -0.15) is 0 Å². The highest BCUT2D eigenvalue weighted by Gasteiger charge is 2.47. The summed E-state index contributed by atoms with van der Waals surface area (Å²) in [6.07, 6.45) is 0.175. The lowest BCUT2D eigenvalue weighted by atomic mass is 10.0. The topological polar surface area (TPSA) is 57.7 Å². The summed E-state index contributed by atoms with van der Waals surface area (Å²) in [6.45, 7) is 7.99. The van der Waals surface area contributed by atoms with Crippen molar-refractivity contribution in [2.45, 2.75) is 39.3 Å². The zero-order chi connectivity index (χ0) is 19.1. The molecule has 0 saturated carbocycles. The Morgan fingerprint density at radius 2 is 1.92 bits per heavy atom. The number of hydrogen-bond donors (Lipinski definition) is 0. The number of hydrogen-bond acceptors (Lipinski definition) is 4. The molecule has 0 spiro atoms. The van der Waals surface area contributed by atoms with Crippen LogP contribution in [0.25, 0.3) is 0 Å². The molecule has 2 heterocycles. The van der Waals surface area contributed by atoms with Gasteiger partial charge >= 0.3 is 0 Å². The molecule has 144 valence electrons. The van der Waals surface area contributed by atoms with Gasteiger partial charge in [-0.25, -0.2) is 12.8 Å². The molecule has 0 unspecified atom stereocenters. The fourth-order valence-corrected chi connectivity index (χ4v) is 6.13. The normalized spacial score (nSPS) is 25.5. The van der Waals surface area contributed by atoms with Crippen molar-refractivity contribution < 1.29 is 17.6 Å². The lowest BCUT2D eigenvalue weighted by Crippen LogP contribution is -2.61. The average Bonchev–Trinajstić information content (AvgIpc) is 2.86. The molecule has 0 bridgehead atoms. The number of aryl methyl sites for hydroxylation is 1. The Morgan fingerprint density at radius 1 is 1.23 bits per heavy atom. The smallest absolute Gasteiger partial charge is 0.227 e. The SMILES string of the molecule is Cc1cc(CC(=O)N2CCN(CC(C)C)[C@@H]3CS(=O)(=O)C[C@@H]32)ccc1F. The zero-order valence-corrected chi connectivity index (χ0v) is 16.4. The van der Waals surface area contributed by atoms with Gasteiger partial charge in [0.1, 0.15) is 5.82 Å². The number of piperazine rings is 1. The van der Waals surface area contributed by atoms with Gasteiger partial charge < -0.3 is 4.90 Å². The first-order chi connectivity index (χ1) is 12.2. The Bertz CT molecular complexity index is 794. The Balaban J connectivity index is 1.77. The third kappa shape index (κ3) is 4.09. The fourth-order valence-electron chi connectivity index (χ4n) is 4.12. The van der Waals surface area contributed by atoms with Crippen molar-refractivity contribution in [3.8, 4) is 0 Å². The maximum Gasteiger partial charge on any atom is 0.227 e. The summed E-state index contributed by atoms with van der Waals surface area (Å²) in [6, 6.07) is 4.29. The first-order valence-electron chi connectivity index (χ1n) is 9.15. The van der Waals surface area contributed by atoms with Gasteiger partial charge in [-0.15, -0.1) is 0 Å². The number of benzene rings is 1. The van der Waals surface area contributed by atoms with Crippen molar-refractivity contribution in [1.82, 2.24) is 9.80 Å². The second kappa shape index (κ2) is 7.27. The number of carbonyl (C=O) groups is 1. The van der Waals surface area contributed by atoms with Gasteiger partial charge in [0, 0.05) is 25.7 Å². The molecule has 1 aromatic carbocycles. The predicted molar refractivity (Wildman–Crippen MR) is 99.2 cm³/mol. The molecular formula is C19H27FN2O3S. The number of carbonyl (C=O) groups excluding carboxylic acids is 1. The average molecular weight is 383 g/mol. The number of nitrogens with zero attached hydrogens (tertiary/aromatic N) is 2. The second-order valence-corrected chi connectivity index (χ2v) is 10.1. The van der Waals surface area contributed by atoms with E-state index in [-0.39, 0.29) is 41.7 Å². The Labute approximate surface area is 155 Å². The van der Waals surface area contributed by atoms with Crippen molar-refractivity contribution in [2.24, 2.45) is 5.92 Å². The third-order valence-electron chi connectivity index (χ3n) is 5.29. The Kier molecular flexibility index (Phi) is 5.40. The number of sulfone groups is 1. The van der Waals surface area contributed by atoms with E-state index in [1.54, 1.807) is 24.0 Å². The van der Waals surface area contributed by atoms with Crippen molar-refractivity contribution in [1.29, 1.82) is 0 Å². The van der Waals surface area contributed by atoms with Crippen LogP contribution < -0.4 is 0 Å². The highest BCUT2D eigenvalue weighted by molar-refractivity contribution is 7.91. The van der Waals surface area contributed by atoms with E-state index >= 15 is 0 Å². The summed E-state index contributed by atoms with van der Waals surface area (Å²) in [7, 11) is -3.13. The van der Waals surface area contributed by atoms with Crippen LogP contribution in [0.4, 0.5) is 4.39 Å². The van der Waals surface area contributed by atoms with Gasteiger partial charge in [-0.05, 0) is 30.0 Å². The summed E-state index contributed by atoms with van der Waals surface area (Å²) >= 11 is 0. The van der Waals surface area contributed by atoms with E-state index < -0.39 is 9.84 Å². The summed E-state index contributed by atoms with van der Waals surface area (Å²) in [5.74, 6) is 0.255. The minimum absolute atomic E-state index is 0.0421. The summed E-state index contributed by atoms with van der Waals surface area (Å²) in [5, 5.41) is 0. The van der Waals surface area contributed by atoms with E-state index in [4.69, 9.17) is 0 Å². The van der Waals surface area contributed by atoms with Crippen LogP contribution in [0.1, 0.15) is 25.0 Å². The standard InChI is InChI=1S/C19H27FN2O3S/c1-13(2)10-21-6-7-22(18-12-26(24,25)11-17(18)21)19(23)9-15-4-5-16(20)14(3)8-15/h4-5,8,13,17-18H,6-7,9-12H2,1-3H3/t17-,18+/m1/s1. The molecule has 1 aromatic rings. The van der Waals surface area contributed by atoms with E-state index in [1.165, 1.54) is 6.07 Å². The molecule has 5 nitrogen and oxygen atoms in total. The monoisotopic (exact) mass is 382 g/mol. The quantitative estimate of drug-likeness (QED) is 0.794. The summed E-state index contributed by atoms with van der Waals surface area (Å²) < 4.78 is 37.9. The van der Waals surface area contributed by atoms with Crippen LogP contribution in [0.5, 0.6) is 0 Å². The van der Waals surface area contributed by atoms with Gasteiger partial charge in [0.2, 0.25) is 5.91 Å². The number of rotatable bonds is 4. The molecule has 0 radical (unpaired) electrons. The van der Waals surface area contributed by atoms with E-state index in [2.05, 4.69) is 18.7 Å². The van der Waals surface area contributed by atoms with Crippen LogP contribution in [0.15, 0.2) is 18.2 Å². The first kappa shape index (κ1) is 19.3. The molecule has 2 atom stereocenters. The van der Waals surface area contributed by atoms with Crippen molar-refractivity contribution in [2.75, 3.05) is 31.1 Å². The minimum Gasteiger partial charge on any atom is -0.336 e. The molecule has 3 rings (SSSR count). The molecular weight excluding hydrogens is 355 g/mol. The molecule has 0 aliphatic carbocycles. The van der Waals surface area contributed by atoms with Gasteiger partial charge in [0.25, 0.3) is 0 Å². The van der Waals surface area contributed by atoms with Crippen LogP contribution in [0.2, 0.25) is 0 Å². The molecule has 26 heavy (non-hydrogen) atoms. The Morgan fingerprint density at radius 3 is 2.58 bits per heavy atom. The largest absolute Gasteiger partial charge is 0.336 e. The van der Waals surface area contributed by atoms with Gasteiger partial charge in [-0.3, -0.25) is 9.69 Å². The molecule has 2 aliphatic heterocycles. The molecule has 2 saturated heterocycles. The summed E-state index contributed by atoms with van der Waals surface area (Å²) in [5.41, 5.74) is 1.27. The number of fused-ring (bicyclic) bond motifs is 1. The maximum atomic E-state index is 13.4. The summed E-state index contributed by atoms with van der Waals surface area (Å²) in [4.78, 5) is 16.8. The van der Waals surface area contributed by atoms with E-state index in [1.807, 2.05) is 0 Å². The maximum absolute atomic E-state index is 13.4. The highest BCUT2D eigenvalue weighted by Crippen LogP contribution is 2.28. The molecule has 7 heteroatoms. The van der Waals surface area contributed by atoms with Gasteiger partial charge in [-0.1, -0.05) is 26.0 Å². The predicted octanol–water partition coefficient (Wildman–Crippen LogP) is 1.64. The zero-order valence-electron chi connectivity index (χ0n) is 15.6. The van der Waals surface area contributed by atoms with E-state index in [0.717, 1.165) is 12.1 Å². The van der Waals surface area contributed by atoms with Crippen molar-refractivity contribution >= 4 is 15.7 Å². The lowest BCUT2D eigenvalue weighted by Gasteiger charge is -2.44. The fraction of sp³-hybridized carbons (Fsp3) is 0.632. The molecule has 0 aromatic heterocycles. The van der Waals surface area contributed by atoms with Gasteiger partial charge in [0.15, 0.2) is 9.84 Å². The highest BCUT2D eigenvalue weighted by atomic mass is 32.2. The van der Waals surface area contributed by atoms with Gasteiger partial charge in [0.05, 0.1) is 24.0 Å². The van der Waals surface area contributed by atoms with Crippen LogP contribution in [0, 0.1) is 18.7 Å². The molecule has 0 N–H and O–H groups in total. The van der Waals surface area contributed by atoms with Crippen LogP contribution in [0.3, 0.4) is 0 Å². The number of halogens is 1. The Hall–Kier alpha value is -1.47. The van der Waals surface area contributed by atoms with Crippen molar-refractivity contribution in [3.05, 3.63) is 35.1 Å². The minimum atomic E-state index is -3.13. The first-order valence-corrected chi connectivity index (χ1v) is 11.0. The molecule has 2 aliphatic rings. The molecule has 1 amide bonds. The number of amides is 1. The van der Waals surface area contributed by atoms with Crippen LogP contribution in [-0.4, -0.2) is 67.3 Å². The van der Waals surface area contributed by atoms with E-state index in [0.29, 0.717) is 24.6 Å². The van der Waals surface area contributed by atoms with E-state index in [9.17, 15) is 17.6 Å². The second-order valence-electron chi connectivity index (χ2n) is 7.95.